The van der Waals surface area contributed by atoms with Gasteiger partial charge >= 0.3 is 6.03 Å². The first-order valence-electron chi connectivity index (χ1n) is 7.71. The fourth-order valence-corrected chi connectivity index (χ4v) is 2.72. The molecule has 4 heteroatoms. The van der Waals surface area contributed by atoms with Gasteiger partial charge in [-0.3, -0.25) is 0 Å². The Bertz CT molecular complexity index is 471. The van der Waals surface area contributed by atoms with Crippen LogP contribution < -0.4 is 10.6 Å². The molecule has 1 aliphatic carbocycles. The highest BCUT2D eigenvalue weighted by Crippen LogP contribution is 2.39. The lowest BCUT2D eigenvalue weighted by Crippen LogP contribution is -2.54. The zero-order valence-corrected chi connectivity index (χ0v) is 13.1. The molecule has 1 saturated carbocycles. The van der Waals surface area contributed by atoms with Crippen LogP contribution >= 0.6 is 0 Å². The second-order valence-corrected chi connectivity index (χ2v) is 6.58. The fraction of sp³-hybridized carbons (Fsp3) is 0.588. The summed E-state index contributed by atoms with van der Waals surface area (Å²) in [5.41, 5.74) is 0.585. The van der Waals surface area contributed by atoms with Gasteiger partial charge in [-0.05, 0) is 37.2 Å². The van der Waals surface area contributed by atoms with Crippen molar-refractivity contribution < 1.29 is 9.90 Å². The predicted molar refractivity (Wildman–Crippen MR) is 83.9 cm³/mol. The third kappa shape index (κ3) is 3.97. The first kappa shape index (κ1) is 15.8. The number of amides is 2. The molecule has 0 aromatic heterocycles. The zero-order valence-electron chi connectivity index (χ0n) is 13.1. The van der Waals surface area contributed by atoms with Crippen molar-refractivity contribution in [2.24, 2.45) is 11.8 Å². The fourth-order valence-electron chi connectivity index (χ4n) is 2.72. The molecule has 2 atom stereocenters. The van der Waals surface area contributed by atoms with E-state index in [0.717, 1.165) is 18.4 Å². The Hall–Kier alpha value is -1.55. The van der Waals surface area contributed by atoms with Gasteiger partial charge in [-0.2, -0.15) is 0 Å². The molecule has 2 unspecified atom stereocenters. The highest BCUT2D eigenvalue weighted by molar-refractivity contribution is 5.75. The third-order valence-electron chi connectivity index (χ3n) is 4.32. The number of aliphatic hydroxyl groups is 1. The monoisotopic (exact) mass is 290 g/mol. The van der Waals surface area contributed by atoms with Gasteiger partial charge in [0, 0.05) is 0 Å². The molecule has 0 bridgehead atoms. The molecule has 1 aliphatic rings. The van der Waals surface area contributed by atoms with Crippen LogP contribution in [0.25, 0.3) is 0 Å². The van der Waals surface area contributed by atoms with E-state index < -0.39 is 5.54 Å². The molecule has 1 aromatic rings. The minimum Gasteiger partial charge on any atom is -0.394 e. The van der Waals surface area contributed by atoms with Crippen molar-refractivity contribution in [2.75, 3.05) is 6.61 Å². The van der Waals surface area contributed by atoms with E-state index in [0.29, 0.717) is 11.8 Å². The Kier molecular flexibility index (Phi) is 4.88. The van der Waals surface area contributed by atoms with Gasteiger partial charge in [0.2, 0.25) is 0 Å². The Morgan fingerprint density at radius 2 is 1.95 bits per heavy atom. The molecule has 0 aliphatic heterocycles. The van der Waals surface area contributed by atoms with Crippen LogP contribution in [0.1, 0.15) is 45.2 Å². The molecule has 0 saturated heterocycles. The van der Waals surface area contributed by atoms with E-state index in [1.807, 2.05) is 37.3 Å². The van der Waals surface area contributed by atoms with Crippen molar-refractivity contribution in [2.45, 2.75) is 45.2 Å². The lowest BCUT2D eigenvalue weighted by molar-refractivity contribution is 0.153. The summed E-state index contributed by atoms with van der Waals surface area (Å²) in [4.78, 5) is 12.3. The first-order valence-corrected chi connectivity index (χ1v) is 7.71. The van der Waals surface area contributed by atoms with Gasteiger partial charge in [0.15, 0.2) is 0 Å². The Balaban J connectivity index is 2.02. The van der Waals surface area contributed by atoms with Gasteiger partial charge in [-0.1, -0.05) is 44.2 Å². The predicted octanol–water partition coefficient (Wildman–Crippen LogP) is 2.84. The van der Waals surface area contributed by atoms with E-state index in [1.54, 1.807) is 0 Å². The lowest BCUT2D eigenvalue weighted by atomic mass is 9.95. The maximum absolute atomic E-state index is 12.3. The summed E-state index contributed by atoms with van der Waals surface area (Å²) in [6.07, 6.45) is 2.15. The lowest BCUT2D eigenvalue weighted by Gasteiger charge is -2.31. The van der Waals surface area contributed by atoms with Crippen LogP contribution in [-0.2, 0) is 0 Å². The Morgan fingerprint density at radius 1 is 1.33 bits per heavy atom. The van der Waals surface area contributed by atoms with Crippen molar-refractivity contribution in [1.29, 1.82) is 0 Å². The molecular weight excluding hydrogens is 264 g/mol. The van der Waals surface area contributed by atoms with Gasteiger partial charge < -0.3 is 15.7 Å². The SMILES string of the molecule is CC(C)C(NC(=O)NC(C)(CO)C1CC1)c1ccccc1. The number of benzene rings is 1. The van der Waals surface area contributed by atoms with Gasteiger partial charge in [0.25, 0.3) is 0 Å². The van der Waals surface area contributed by atoms with Crippen molar-refractivity contribution in [3.63, 3.8) is 0 Å². The largest absolute Gasteiger partial charge is 0.394 e. The van der Waals surface area contributed by atoms with Crippen LogP contribution in [0.5, 0.6) is 0 Å². The van der Waals surface area contributed by atoms with Crippen molar-refractivity contribution in [3.8, 4) is 0 Å². The summed E-state index contributed by atoms with van der Waals surface area (Å²) in [7, 11) is 0. The molecule has 0 heterocycles. The van der Waals surface area contributed by atoms with Crippen LogP contribution in [0.4, 0.5) is 4.79 Å². The molecule has 0 radical (unpaired) electrons. The minimum atomic E-state index is -0.512. The highest BCUT2D eigenvalue weighted by atomic mass is 16.3. The number of aliphatic hydroxyl groups excluding tert-OH is 1. The third-order valence-corrected chi connectivity index (χ3v) is 4.32. The number of rotatable bonds is 6. The van der Waals surface area contributed by atoms with E-state index in [-0.39, 0.29) is 18.7 Å². The second-order valence-electron chi connectivity index (χ2n) is 6.58. The second kappa shape index (κ2) is 6.48. The average Bonchev–Trinajstić information content (AvgIpc) is 3.30. The number of carbonyl (C=O) groups is 1. The highest BCUT2D eigenvalue weighted by Gasteiger charge is 2.42. The molecule has 1 fully saturated rings. The molecule has 2 rings (SSSR count). The summed E-state index contributed by atoms with van der Waals surface area (Å²) < 4.78 is 0. The number of urea groups is 1. The molecule has 0 spiro atoms. The summed E-state index contributed by atoms with van der Waals surface area (Å²) in [6, 6.07) is 9.73. The zero-order chi connectivity index (χ0) is 15.5. The average molecular weight is 290 g/mol. The maximum Gasteiger partial charge on any atom is 0.315 e. The summed E-state index contributed by atoms with van der Waals surface area (Å²) in [6.45, 7) is 6.06. The molecule has 116 valence electrons. The quantitative estimate of drug-likeness (QED) is 0.754. The maximum atomic E-state index is 12.3. The van der Waals surface area contributed by atoms with Crippen LogP contribution in [0.3, 0.4) is 0 Å². The van der Waals surface area contributed by atoms with Crippen LogP contribution in [0.2, 0.25) is 0 Å². The van der Waals surface area contributed by atoms with Gasteiger partial charge in [-0.15, -0.1) is 0 Å². The summed E-state index contributed by atoms with van der Waals surface area (Å²) in [5.74, 6) is 0.682. The van der Waals surface area contributed by atoms with E-state index in [4.69, 9.17) is 0 Å². The van der Waals surface area contributed by atoms with E-state index in [2.05, 4.69) is 24.5 Å². The van der Waals surface area contributed by atoms with Crippen LogP contribution in [0, 0.1) is 11.8 Å². The molecule has 4 nitrogen and oxygen atoms in total. The standard InChI is InChI=1S/C17H26N2O2/c1-12(2)15(13-7-5-4-6-8-13)18-16(21)19-17(3,11-20)14-9-10-14/h4-8,12,14-15,20H,9-11H2,1-3H3,(H2,18,19,21). The number of hydrogen-bond acceptors (Lipinski definition) is 2. The molecule has 1 aromatic carbocycles. The number of hydrogen-bond donors (Lipinski definition) is 3. The molecule has 21 heavy (non-hydrogen) atoms. The normalized spacial score (nSPS) is 18.9. The number of nitrogens with one attached hydrogen (secondary N) is 2. The summed E-state index contributed by atoms with van der Waals surface area (Å²) in [5, 5.41) is 15.6. The van der Waals surface area contributed by atoms with Crippen LogP contribution in [0.15, 0.2) is 30.3 Å². The minimum absolute atomic E-state index is 0.0250. The Labute approximate surface area is 126 Å². The van der Waals surface area contributed by atoms with E-state index in [1.165, 1.54) is 0 Å². The first-order chi connectivity index (χ1) is 9.96. The van der Waals surface area contributed by atoms with Crippen molar-refractivity contribution in [3.05, 3.63) is 35.9 Å². The summed E-state index contributed by atoms with van der Waals surface area (Å²) >= 11 is 0. The smallest absolute Gasteiger partial charge is 0.315 e. The van der Waals surface area contributed by atoms with Gasteiger partial charge in [-0.25, -0.2) is 4.79 Å². The molecular formula is C17H26N2O2. The van der Waals surface area contributed by atoms with E-state index in [9.17, 15) is 9.90 Å². The molecule has 2 amide bonds. The van der Waals surface area contributed by atoms with Crippen molar-refractivity contribution >= 4 is 6.03 Å². The van der Waals surface area contributed by atoms with Gasteiger partial charge in [0.1, 0.15) is 0 Å². The van der Waals surface area contributed by atoms with Crippen LogP contribution in [-0.4, -0.2) is 23.3 Å². The van der Waals surface area contributed by atoms with Gasteiger partial charge in [0.05, 0.1) is 18.2 Å². The number of carbonyl (C=O) groups excluding carboxylic acids is 1. The van der Waals surface area contributed by atoms with E-state index >= 15 is 0 Å². The Morgan fingerprint density at radius 3 is 2.43 bits per heavy atom. The molecule has 3 N–H and O–H groups in total. The topological polar surface area (TPSA) is 61.4 Å². The van der Waals surface area contributed by atoms with Crippen molar-refractivity contribution in [1.82, 2.24) is 10.6 Å².